The summed E-state index contributed by atoms with van der Waals surface area (Å²) in [5, 5.41) is 11.5. The van der Waals surface area contributed by atoms with Crippen molar-refractivity contribution in [3.05, 3.63) is 23.8 Å². The summed E-state index contributed by atoms with van der Waals surface area (Å²) in [6.45, 7) is 8.05. The van der Waals surface area contributed by atoms with Gasteiger partial charge < -0.3 is 14.6 Å². The number of fused-ring (bicyclic) bond motifs is 5. The van der Waals surface area contributed by atoms with E-state index in [9.17, 15) is 24.3 Å². The van der Waals surface area contributed by atoms with Crippen LogP contribution in [0.4, 0.5) is 4.39 Å². The summed E-state index contributed by atoms with van der Waals surface area (Å²) in [4.78, 5) is 50.3. The van der Waals surface area contributed by atoms with Crippen molar-refractivity contribution in [1.82, 2.24) is 0 Å². The minimum absolute atomic E-state index is 0. The third-order valence-electron chi connectivity index (χ3n) is 9.81. The number of aliphatic hydroxyl groups excluding tert-OH is 1. The fourth-order valence-corrected chi connectivity index (χ4v) is 8.01. The molecule has 3 saturated carbocycles. The molecule has 0 bridgehead atoms. The van der Waals surface area contributed by atoms with Gasteiger partial charge in [-0.15, -0.1) is 0 Å². The van der Waals surface area contributed by atoms with Gasteiger partial charge in [-0.2, -0.15) is 0 Å². The van der Waals surface area contributed by atoms with Gasteiger partial charge >= 0.3 is 71.1 Å². The van der Waals surface area contributed by atoms with Gasteiger partial charge in [-0.05, 0) is 50.7 Å². The average Bonchev–Trinajstić information content (AvgIpc) is 3.05. The summed E-state index contributed by atoms with van der Waals surface area (Å²) in [5.41, 5.74) is -5.26. The monoisotopic (exact) mass is 552 g/mol. The molecule has 0 spiro atoms. The molecule has 1 N–H and O–H groups in total. The second kappa shape index (κ2) is 11.9. The molecule has 0 aromatic rings. The summed E-state index contributed by atoms with van der Waals surface area (Å²) in [5.74, 6) is -3.31. The zero-order valence-electron chi connectivity index (χ0n) is 21.8. The summed E-state index contributed by atoms with van der Waals surface area (Å²) >= 11 is 0. The fourth-order valence-electron chi connectivity index (χ4n) is 8.01. The van der Waals surface area contributed by atoms with Crippen molar-refractivity contribution in [2.45, 2.75) is 90.5 Å². The van der Waals surface area contributed by atoms with Crippen molar-refractivity contribution in [2.75, 3.05) is 6.61 Å². The van der Waals surface area contributed by atoms with Gasteiger partial charge in [0.15, 0.2) is 23.7 Å². The Kier molecular flexibility index (Phi) is 10.6. The minimum atomic E-state index is -2.05. The van der Waals surface area contributed by atoms with Crippen LogP contribution < -0.4 is 0 Å². The maximum absolute atomic E-state index is 17.4. The number of ketones is 2. The normalized spacial score (nSPS) is 40.8. The first-order valence-electron chi connectivity index (χ1n) is 13.0. The summed E-state index contributed by atoms with van der Waals surface area (Å²) in [6.07, 6.45) is 4.32. The first-order valence-corrected chi connectivity index (χ1v) is 13.0. The average molecular weight is 553 g/mol. The Morgan fingerprint density at radius 2 is 1.74 bits per heavy atom. The van der Waals surface area contributed by atoms with Crippen LogP contribution in [0.15, 0.2) is 23.8 Å². The molecule has 38 heavy (non-hydrogen) atoms. The number of hydrogen-bond acceptors (Lipinski definition) is 7. The van der Waals surface area contributed by atoms with Crippen LogP contribution in [0, 0.1) is 28.6 Å². The molecule has 4 rings (SSSR count). The Balaban J connectivity index is 0.00000253. The molecule has 0 aromatic carbocycles. The molecule has 8 atom stereocenters. The van der Waals surface area contributed by atoms with Crippen LogP contribution in [-0.2, 0) is 28.7 Å². The number of rotatable bonds is 6. The molecule has 10 heteroatoms. The van der Waals surface area contributed by atoms with Crippen molar-refractivity contribution in [1.29, 1.82) is 0 Å². The summed E-state index contributed by atoms with van der Waals surface area (Å²) < 4.78 is 28.5. The summed E-state index contributed by atoms with van der Waals surface area (Å²) in [7, 11) is 0. The molecule has 0 saturated heterocycles. The number of halogens is 1. The standard InChI is InChI=1S/C28H37FO7.2Na.2H/c1-6-23(33)35-15-22(32)28(36-24(34)7-2)16(3)12-20-19-9-8-17-13-18(30)10-11-25(17,4)27(19,29)21(31)14-26(20,28)5;;;;/h10-11,13,16,19-21,31H,6-9,12,14-15H2,1-5H3;;;;/t16-,19-,20-,21-,25-,26-,27?,28-;;;;/m0..../s1. The van der Waals surface area contributed by atoms with E-state index < -0.39 is 64.4 Å². The van der Waals surface area contributed by atoms with Gasteiger partial charge in [0.25, 0.3) is 0 Å². The van der Waals surface area contributed by atoms with Crippen molar-refractivity contribution in [2.24, 2.45) is 28.6 Å². The van der Waals surface area contributed by atoms with Gasteiger partial charge in [-0.3, -0.25) is 19.2 Å². The molecular weight excluding hydrogens is 513 g/mol. The van der Waals surface area contributed by atoms with Crippen LogP contribution in [0.2, 0.25) is 0 Å². The molecule has 0 aliphatic heterocycles. The Hall–Kier alpha value is -0.350. The number of carbonyl (C=O) groups excluding carboxylic acids is 4. The van der Waals surface area contributed by atoms with Crippen LogP contribution in [0.5, 0.6) is 0 Å². The number of hydrogen-bond donors (Lipinski definition) is 1. The molecule has 4 aliphatic carbocycles. The molecule has 202 valence electrons. The van der Waals surface area contributed by atoms with Crippen LogP contribution in [0.1, 0.15) is 73.1 Å². The van der Waals surface area contributed by atoms with E-state index in [4.69, 9.17) is 9.47 Å². The molecule has 3 fully saturated rings. The molecular formula is C28H39FNa2O7. The maximum atomic E-state index is 17.4. The number of carbonyl (C=O) groups is 4. The number of aliphatic hydroxyl groups is 1. The molecule has 0 radical (unpaired) electrons. The molecule has 0 aromatic heterocycles. The molecule has 7 nitrogen and oxygen atoms in total. The number of Topliss-reactive ketones (excluding diaryl/α,β-unsaturated/α-hetero) is 1. The predicted molar refractivity (Wildman–Crippen MR) is 143 cm³/mol. The predicted octanol–water partition coefficient (Wildman–Crippen LogP) is 2.52. The van der Waals surface area contributed by atoms with Gasteiger partial charge in [0.05, 0.1) is 6.10 Å². The molecule has 0 heterocycles. The van der Waals surface area contributed by atoms with Crippen LogP contribution in [-0.4, -0.2) is 112 Å². The van der Waals surface area contributed by atoms with Crippen molar-refractivity contribution >= 4 is 82.6 Å². The van der Waals surface area contributed by atoms with Gasteiger partial charge in [0, 0.05) is 35.5 Å². The van der Waals surface area contributed by atoms with Crippen LogP contribution in [0.3, 0.4) is 0 Å². The fraction of sp³-hybridized carbons (Fsp3) is 0.714. The number of ether oxygens (including phenoxy) is 2. The Morgan fingerprint density at radius 3 is 2.34 bits per heavy atom. The van der Waals surface area contributed by atoms with Crippen LogP contribution >= 0.6 is 0 Å². The topological polar surface area (TPSA) is 107 Å². The number of esters is 2. The second-order valence-electron chi connectivity index (χ2n) is 11.4. The third-order valence-corrected chi connectivity index (χ3v) is 9.81. The Bertz CT molecular complexity index is 1060. The SMILES string of the molecule is CCC(=O)OCC(=O)[C@@]1(OC(=O)CC)[C@@H](C)C[C@H]2[C@@H]3CCC4=CC(=O)C=C[C@]4(C)C3(F)[C@@H](O)C[C@@]21C.[NaH].[NaH]. The van der Waals surface area contributed by atoms with Gasteiger partial charge in [0.1, 0.15) is 0 Å². The van der Waals surface area contributed by atoms with Gasteiger partial charge in [-0.25, -0.2) is 4.39 Å². The molecule has 1 unspecified atom stereocenters. The van der Waals surface area contributed by atoms with Crippen molar-refractivity contribution in [3.63, 3.8) is 0 Å². The Morgan fingerprint density at radius 1 is 1.11 bits per heavy atom. The van der Waals surface area contributed by atoms with E-state index in [-0.39, 0.29) is 90.1 Å². The van der Waals surface area contributed by atoms with E-state index in [2.05, 4.69) is 0 Å². The first-order chi connectivity index (χ1) is 16.8. The number of allylic oxidation sites excluding steroid dienone is 4. The zero-order valence-corrected chi connectivity index (χ0v) is 21.8. The van der Waals surface area contributed by atoms with E-state index >= 15 is 4.39 Å². The first kappa shape index (κ1) is 33.9. The van der Waals surface area contributed by atoms with E-state index in [1.165, 1.54) is 12.2 Å². The van der Waals surface area contributed by atoms with E-state index in [1.54, 1.807) is 33.8 Å². The van der Waals surface area contributed by atoms with E-state index in [1.807, 2.05) is 6.92 Å². The van der Waals surface area contributed by atoms with Gasteiger partial charge in [0.2, 0.25) is 5.78 Å². The van der Waals surface area contributed by atoms with Crippen LogP contribution in [0.25, 0.3) is 0 Å². The zero-order chi connectivity index (χ0) is 26.7. The van der Waals surface area contributed by atoms with E-state index in [0.717, 1.165) is 0 Å². The molecule has 4 aliphatic rings. The summed E-state index contributed by atoms with van der Waals surface area (Å²) in [6, 6.07) is 0. The van der Waals surface area contributed by atoms with Gasteiger partial charge in [-0.1, -0.05) is 39.3 Å². The molecule has 0 amide bonds. The van der Waals surface area contributed by atoms with E-state index in [0.29, 0.717) is 24.8 Å². The van der Waals surface area contributed by atoms with Crippen molar-refractivity contribution < 1.29 is 38.1 Å². The third kappa shape index (κ3) is 4.68. The quantitative estimate of drug-likeness (QED) is 0.399. The Labute approximate surface area is 268 Å². The second-order valence-corrected chi connectivity index (χ2v) is 11.4. The van der Waals surface area contributed by atoms with Crippen molar-refractivity contribution in [3.8, 4) is 0 Å². The number of alkyl halides is 1.